The quantitative estimate of drug-likeness (QED) is 0.0222. The van der Waals surface area contributed by atoms with E-state index >= 15 is 0 Å². The summed E-state index contributed by atoms with van der Waals surface area (Å²) in [5.74, 6) is -0.533. The highest BCUT2D eigenvalue weighted by atomic mass is 31.2. The Hall–Kier alpha value is -1.94. The molecule has 0 bridgehead atoms. The molecule has 17 nitrogen and oxygen atoms in total. The third-order valence-electron chi connectivity index (χ3n) is 18.2. The fraction of sp³-hybridized carbons (Fsp3) is 0.949. The molecule has 0 saturated heterocycles. The fourth-order valence-electron chi connectivity index (χ4n) is 12.0. The van der Waals surface area contributed by atoms with Gasteiger partial charge in [-0.05, 0) is 37.5 Å². The van der Waals surface area contributed by atoms with Crippen LogP contribution in [0.25, 0.3) is 0 Å². The van der Waals surface area contributed by atoms with Gasteiger partial charge in [0.25, 0.3) is 0 Å². The van der Waals surface area contributed by atoms with Crippen LogP contribution in [0.2, 0.25) is 0 Å². The molecule has 0 rings (SSSR count). The van der Waals surface area contributed by atoms with Gasteiger partial charge in [-0.1, -0.05) is 356 Å². The van der Waals surface area contributed by atoms with E-state index in [-0.39, 0.29) is 25.7 Å². The SMILES string of the molecule is CCCCCCCCCCCCCCCC(=O)O[C@H](COC(=O)CCCCCCCCCCCC)COP(=O)(O)OC[C@H](O)COP(=O)(O)OC[C@@H](COC(=O)CCCCCCCCCCCCC(C)C)OC(=O)CCCCCCCCCCCCCCCCCCCCC(C)C. The van der Waals surface area contributed by atoms with E-state index in [2.05, 4.69) is 41.5 Å². The summed E-state index contributed by atoms with van der Waals surface area (Å²) >= 11 is 0. The molecule has 0 fully saturated rings. The molecule has 0 aromatic heterocycles. The summed E-state index contributed by atoms with van der Waals surface area (Å²) in [6.45, 7) is 9.64. The lowest BCUT2D eigenvalue weighted by atomic mass is 10.0. The zero-order chi connectivity index (χ0) is 71.4. The minimum absolute atomic E-state index is 0.108. The second-order valence-corrected chi connectivity index (χ2v) is 32.0. The summed E-state index contributed by atoms with van der Waals surface area (Å²) in [7, 11) is -9.91. The highest BCUT2D eigenvalue weighted by molar-refractivity contribution is 7.47. The average Bonchev–Trinajstić information content (AvgIpc) is 1.07. The van der Waals surface area contributed by atoms with Crippen LogP contribution in [-0.2, 0) is 65.4 Å². The number of esters is 4. The monoisotopic (exact) mass is 1420 g/mol. The Kier molecular flexibility index (Phi) is 68.4. The summed E-state index contributed by atoms with van der Waals surface area (Å²) in [4.78, 5) is 72.8. The molecule has 0 saturated carbocycles. The van der Waals surface area contributed by atoms with E-state index in [0.29, 0.717) is 25.7 Å². The molecule has 0 aromatic carbocycles. The van der Waals surface area contributed by atoms with Gasteiger partial charge in [0.15, 0.2) is 12.2 Å². The predicted molar refractivity (Wildman–Crippen MR) is 395 cm³/mol. The Morgan fingerprint density at radius 3 is 0.701 bits per heavy atom. The van der Waals surface area contributed by atoms with E-state index < -0.39 is 97.5 Å². The van der Waals surface area contributed by atoms with E-state index in [9.17, 15) is 43.2 Å². The van der Waals surface area contributed by atoms with Crippen LogP contribution in [0.3, 0.4) is 0 Å². The molecule has 0 aliphatic heterocycles. The Balaban J connectivity index is 5.20. The standard InChI is InChI=1S/C78H152O17P2/c1-7-9-11-13-15-17-19-26-30-38-44-50-56-62-77(82)94-73(66-88-75(80)60-54-48-42-36-18-16-14-12-10-8-2)68-92-96(84,85)90-64-72(79)65-91-97(86,87)93-69-74(67-89-76(81)61-55-49-43-37-33-32-35-41-47-53-59-71(5)6)95-78(83)63-57-51-45-39-31-28-25-23-21-20-22-24-27-29-34-40-46-52-58-70(3)4/h70-74,79H,7-69H2,1-6H3,(H,84,85)(H,86,87)/t72-,73+,74+/m0/s1. The van der Waals surface area contributed by atoms with Gasteiger partial charge in [0.1, 0.15) is 19.3 Å². The molecule has 0 heterocycles. The van der Waals surface area contributed by atoms with Gasteiger partial charge in [-0.25, -0.2) is 9.13 Å². The first-order valence-corrected chi connectivity index (χ1v) is 43.5. The lowest BCUT2D eigenvalue weighted by Gasteiger charge is -2.21. The van der Waals surface area contributed by atoms with Gasteiger partial charge < -0.3 is 33.8 Å². The molecule has 2 unspecified atom stereocenters. The number of rotatable bonds is 77. The number of unbranched alkanes of at least 4 members (excludes halogenated alkanes) is 47. The van der Waals surface area contributed by atoms with Crippen LogP contribution < -0.4 is 0 Å². The summed E-state index contributed by atoms with van der Waals surface area (Å²) in [6, 6.07) is 0. The third-order valence-corrected chi connectivity index (χ3v) is 20.1. The first kappa shape index (κ1) is 95.1. The zero-order valence-corrected chi connectivity index (χ0v) is 65.2. The van der Waals surface area contributed by atoms with Gasteiger partial charge in [0.05, 0.1) is 26.4 Å². The number of phosphoric ester groups is 2. The van der Waals surface area contributed by atoms with Crippen molar-refractivity contribution in [2.75, 3.05) is 39.6 Å². The highest BCUT2D eigenvalue weighted by Crippen LogP contribution is 2.45. The number of phosphoric acid groups is 2. The lowest BCUT2D eigenvalue weighted by molar-refractivity contribution is -0.161. The second kappa shape index (κ2) is 69.8. The summed E-state index contributed by atoms with van der Waals surface area (Å²) < 4.78 is 68.6. The maximum Gasteiger partial charge on any atom is 0.472 e. The highest BCUT2D eigenvalue weighted by Gasteiger charge is 2.30. The molecular weight excluding hydrogens is 1270 g/mol. The first-order valence-electron chi connectivity index (χ1n) is 40.5. The fourth-order valence-corrected chi connectivity index (χ4v) is 13.6. The topological polar surface area (TPSA) is 237 Å². The minimum atomic E-state index is -4.96. The number of hydrogen-bond donors (Lipinski definition) is 3. The Labute approximate surface area is 594 Å². The largest absolute Gasteiger partial charge is 0.472 e. The van der Waals surface area contributed by atoms with Gasteiger partial charge in [-0.2, -0.15) is 0 Å². The number of carbonyl (C=O) groups excluding carboxylic acids is 4. The first-order chi connectivity index (χ1) is 46.9. The van der Waals surface area contributed by atoms with Crippen molar-refractivity contribution in [3.63, 3.8) is 0 Å². The van der Waals surface area contributed by atoms with Crippen molar-refractivity contribution in [2.45, 2.75) is 426 Å². The number of aliphatic hydroxyl groups excluding tert-OH is 1. The number of carbonyl (C=O) groups is 4. The molecule has 5 atom stereocenters. The van der Waals surface area contributed by atoms with Crippen molar-refractivity contribution in [3.8, 4) is 0 Å². The lowest BCUT2D eigenvalue weighted by Crippen LogP contribution is -2.30. The van der Waals surface area contributed by atoms with Gasteiger partial charge in [-0.15, -0.1) is 0 Å². The summed E-state index contributed by atoms with van der Waals surface area (Å²) in [5, 5.41) is 10.6. The zero-order valence-electron chi connectivity index (χ0n) is 63.4. The number of hydrogen-bond acceptors (Lipinski definition) is 15. The smallest absolute Gasteiger partial charge is 0.462 e. The van der Waals surface area contributed by atoms with Gasteiger partial charge in [0.2, 0.25) is 0 Å². The summed E-state index contributed by atoms with van der Waals surface area (Å²) in [6.07, 6.45) is 58.2. The van der Waals surface area contributed by atoms with Crippen molar-refractivity contribution in [3.05, 3.63) is 0 Å². The molecule has 0 amide bonds. The normalized spacial score (nSPS) is 14.0. The molecule has 0 radical (unpaired) electrons. The van der Waals surface area contributed by atoms with Crippen LogP contribution >= 0.6 is 15.6 Å². The van der Waals surface area contributed by atoms with Crippen molar-refractivity contribution in [2.24, 2.45) is 11.8 Å². The maximum absolute atomic E-state index is 13.1. The average molecular weight is 1420 g/mol. The van der Waals surface area contributed by atoms with Crippen LogP contribution in [-0.4, -0.2) is 96.7 Å². The van der Waals surface area contributed by atoms with Gasteiger partial charge in [0, 0.05) is 25.7 Å². The van der Waals surface area contributed by atoms with E-state index in [4.69, 9.17) is 37.0 Å². The van der Waals surface area contributed by atoms with Crippen LogP contribution in [0.5, 0.6) is 0 Å². The molecule has 19 heteroatoms. The minimum Gasteiger partial charge on any atom is -0.462 e. The molecule has 576 valence electrons. The van der Waals surface area contributed by atoms with Crippen molar-refractivity contribution in [1.29, 1.82) is 0 Å². The van der Waals surface area contributed by atoms with Crippen LogP contribution in [0.1, 0.15) is 408 Å². The Bertz CT molecular complexity index is 1870. The summed E-state index contributed by atoms with van der Waals surface area (Å²) in [5.41, 5.74) is 0. The van der Waals surface area contributed by atoms with E-state index in [1.54, 1.807) is 0 Å². The van der Waals surface area contributed by atoms with Crippen LogP contribution in [0, 0.1) is 11.8 Å². The molecule has 3 N–H and O–H groups in total. The molecular formula is C78H152O17P2. The van der Waals surface area contributed by atoms with E-state index in [1.807, 2.05) is 0 Å². The predicted octanol–water partition coefficient (Wildman–Crippen LogP) is 23.1. The van der Waals surface area contributed by atoms with Gasteiger partial charge in [-0.3, -0.25) is 37.3 Å². The van der Waals surface area contributed by atoms with Crippen LogP contribution in [0.4, 0.5) is 0 Å². The second-order valence-electron chi connectivity index (χ2n) is 29.1. The van der Waals surface area contributed by atoms with E-state index in [0.717, 1.165) is 102 Å². The number of aliphatic hydroxyl groups is 1. The maximum atomic E-state index is 13.1. The van der Waals surface area contributed by atoms with E-state index in [1.165, 1.54) is 225 Å². The van der Waals surface area contributed by atoms with Crippen LogP contribution in [0.15, 0.2) is 0 Å². The molecule has 0 aliphatic rings. The Morgan fingerprint density at radius 1 is 0.278 bits per heavy atom. The molecule has 97 heavy (non-hydrogen) atoms. The number of ether oxygens (including phenoxy) is 4. The van der Waals surface area contributed by atoms with Gasteiger partial charge >= 0.3 is 39.5 Å². The molecule has 0 spiro atoms. The molecule has 0 aliphatic carbocycles. The van der Waals surface area contributed by atoms with Crippen molar-refractivity contribution >= 4 is 39.5 Å². The molecule has 0 aromatic rings. The third kappa shape index (κ3) is 72.2. The van der Waals surface area contributed by atoms with Crippen molar-refractivity contribution in [1.82, 2.24) is 0 Å². The van der Waals surface area contributed by atoms with Crippen molar-refractivity contribution < 1.29 is 80.2 Å². The Morgan fingerprint density at radius 2 is 0.474 bits per heavy atom.